The average molecular weight is 456 g/mol. The van der Waals surface area contributed by atoms with Gasteiger partial charge in [0.25, 0.3) is 0 Å². The fourth-order valence-corrected chi connectivity index (χ4v) is 4.64. The Labute approximate surface area is 199 Å². The van der Waals surface area contributed by atoms with Gasteiger partial charge in [-0.1, -0.05) is 6.07 Å². The van der Waals surface area contributed by atoms with Gasteiger partial charge < -0.3 is 15.5 Å². The maximum Gasteiger partial charge on any atom is 0.163 e. The Kier molecular flexibility index (Phi) is 5.51. The van der Waals surface area contributed by atoms with Crippen LogP contribution in [0.2, 0.25) is 0 Å². The Morgan fingerprint density at radius 2 is 1.85 bits per heavy atom. The van der Waals surface area contributed by atoms with Crippen LogP contribution in [0.3, 0.4) is 0 Å². The quantitative estimate of drug-likeness (QED) is 0.665. The summed E-state index contributed by atoms with van der Waals surface area (Å²) in [5.41, 5.74) is 10.5. The predicted octanol–water partition coefficient (Wildman–Crippen LogP) is 3.54. The number of allylic oxidation sites excluding steroid dienone is 2. The lowest BCUT2D eigenvalue weighted by Gasteiger charge is -2.34. The standard InChI is InChI=1S/C26H29N7O/c1-15(27)23(17(3)34)22-14-32(4)24-20(19-11-29-25(30-12-19)18-8-9-18)13-33(26(24)31-22)16(2)21-7-5-6-10-28-21/h5-7,10-14,16,18,24H,8-9,27H2,1-4H3/t16-,24?/m0/s1. The van der Waals surface area contributed by atoms with Gasteiger partial charge in [-0.05, 0) is 45.7 Å². The van der Waals surface area contributed by atoms with Crippen LogP contribution in [-0.2, 0) is 4.79 Å². The minimum absolute atomic E-state index is 0.0666. The Morgan fingerprint density at radius 3 is 2.44 bits per heavy atom. The molecule has 2 aromatic heterocycles. The van der Waals surface area contributed by atoms with Crippen molar-refractivity contribution in [3.8, 4) is 0 Å². The van der Waals surface area contributed by atoms with Crippen molar-refractivity contribution in [1.82, 2.24) is 24.8 Å². The summed E-state index contributed by atoms with van der Waals surface area (Å²) < 4.78 is 0. The molecule has 0 radical (unpaired) electrons. The van der Waals surface area contributed by atoms with E-state index in [4.69, 9.17) is 10.7 Å². The monoisotopic (exact) mass is 455 g/mol. The van der Waals surface area contributed by atoms with Crippen molar-refractivity contribution >= 4 is 17.2 Å². The minimum atomic E-state index is -0.142. The summed E-state index contributed by atoms with van der Waals surface area (Å²) in [5, 5.41) is 0. The molecular formula is C26H29N7O. The molecule has 0 amide bonds. The molecule has 2 aromatic rings. The number of amidine groups is 1. The topological polar surface area (TPSA) is 101 Å². The Morgan fingerprint density at radius 1 is 1.12 bits per heavy atom. The Bertz CT molecular complexity index is 1240. The summed E-state index contributed by atoms with van der Waals surface area (Å²) in [5.74, 6) is 2.13. The van der Waals surface area contributed by atoms with Gasteiger partial charge in [-0.15, -0.1) is 0 Å². The second kappa shape index (κ2) is 8.52. The number of pyridine rings is 1. The molecule has 0 aromatic carbocycles. The third-order valence-corrected chi connectivity index (χ3v) is 6.53. The number of carbonyl (C=O) groups is 1. The van der Waals surface area contributed by atoms with E-state index in [1.165, 1.54) is 19.8 Å². The van der Waals surface area contributed by atoms with Crippen molar-refractivity contribution in [2.75, 3.05) is 7.05 Å². The van der Waals surface area contributed by atoms with Crippen molar-refractivity contribution in [3.63, 3.8) is 0 Å². The van der Waals surface area contributed by atoms with Crippen LogP contribution in [0.1, 0.15) is 62.7 Å². The fraction of sp³-hybridized carbons (Fsp3) is 0.346. The van der Waals surface area contributed by atoms with Gasteiger partial charge in [0.1, 0.15) is 17.7 Å². The molecule has 174 valence electrons. The van der Waals surface area contributed by atoms with E-state index in [1.807, 2.05) is 43.8 Å². The molecule has 8 nitrogen and oxygen atoms in total. The minimum Gasteiger partial charge on any atom is -0.402 e. The van der Waals surface area contributed by atoms with Crippen LogP contribution in [0.4, 0.5) is 0 Å². The van der Waals surface area contributed by atoms with E-state index in [-0.39, 0.29) is 17.9 Å². The molecular weight excluding hydrogens is 426 g/mol. The van der Waals surface area contributed by atoms with Gasteiger partial charge in [0.05, 0.1) is 23.0 Å². The summed E-state index contributed by atoms with van der Waals surface area (Å²) in [6, 6.07) is 5.69. The van der Waals surface area contributed by atoms with Crippen LogP contribution < -0.4 is 5.73 Å². The smallest absolute Gasteiger partial charge is 0.163 e. The van der Waals surface area contributed by atoms with E-state index in [1.54, 1.807) is 13.1 Å². The number of rotatable bonds is 6. The van der Waals surface area contributed by atoms with Gasteiger partial charge >= 0.3 is 0 Å². The molecule has 0 bridgehead atoms. The molecule has 8 heteroatoms. The summed E-state index contributed by atoms with van der Waals surface area (Å²) in [6.07, 6.45) is 12.0. The number of nitrogens with zero attached hydrogens (tertiary/aromatic N) is 6. The third kappa shape index (κ3) is 3.89. The number of aliphatic imine (C=N–C) groups is 1. The molecule has 1 aliphatic carbocycles. The van der Waals surface area contributed by atoms with Crippen molar-refractivity contribution in [2.24, 2.45) is 10.7 Å². The van der Waals surface area contributed by atoms with Gasteiger partial charge in [0, 0.05) is 60.8 Å². The number of carbonyl (C=O) groups excluding carboxylic acids is 1. The van der Waals surface area contributed by atoms with Gasteiger partial charge in [-0.3, -0.25) is 9.78 Å². The molecule has 1 unspecified atom stereocenters. The highest BCUT2D eigenvalue weighted by molar-refractivity contribution is 6.07. The van der Waals surface area contributed by atoms with E-state index in [0.717, 1.165) is 28.5 Å². The molecule has 0 spiro atoms. The first kappa shape index (κ1) is 22.0. The highest BCUT2D eigenvalue weighted by atomic mass is 16.1. The highest BCUT2D eigenvalue weighted by Gasteiger charge is 2.40. The van der Waals surface area contributed by atoms with E-state index in [0.29, 0.717) is 22.9 Å². The summed E-state index contributed by atoms with van der Waals surface area (Å²) in [4.78, 5) is 35.4. The van der Waals surface area contributed by atoms with Gasteiger partial charge in [0.15, 0.2) is 5.78 Å². The molecule has 1 fully saturated rings. The number of ketones is 1. The SMILES string of the molecule is CC(=O)C(C1=CN(C)C2C(c3cnc(C4CC4)nc3)=CN([C@@H](C)c3ccccn3)C2=N1)=C(C)N. The first-order chi connectivity index (χ1) is 16.3. The first-order valence-corrected chi connectivity index (χ1v) is 11.6. The molecule has 2 aliphatic heterocycles. The fourth-order valence-electron chi connectivity index (χ4n) is 4.64. The van der Waals surface area contributed by atoms with E-state index in [2.05, 4.69) is 37.9 Å². The predicted molar refractivity (Wildman–Crippen MR) is 131 cm³/mol. The highest BCUT2D eigenvalue weighted by Crippen LogP contribution is 2.40. The lowest BCUT2D eigenvalue weighted by atomic mass is 9.99. The van der Waals surface area contributed by atoms with Crippen molar-refractivity contribution in [2.45, 2.75) is 51.6 Å². The Balaban J connectivity index is 1.59. The summed E-state index contributed by atoms with van der Waals surface area (Å²) in [6.45, 7) is 5.35. The molecule has 4 heterocycles. The molecule has 1 saturated carbocycles. The number of aromatic nitrogens is 3. The van der Waals surface area contributed by atoms with E-state index < -0.39 is 0 Å². The molecule has 2 atom stereocenters. The molecule has 5 rings (SSSR count). The Hall–Kier alpha value is -3.81. The zero-order valence-corrected chi connectivity index (χ0v) is 19.9. The van der Waals surface area contributed by atoms with Crippen LogP contribution in [-0.4, -0.2) is 49.5 Å². The van der Waals surface area contributed by atoms with Crippen LogP contribution in [0.5, 0.6) is 0 Å². The van der Waals surface area contributed by atoms with Crippen LogP contribution >= 0.6 is 0 Å². The summed E-state index contributed by atoms with van der Waals surface area (Å²) in [7, 11) is 1.99. The lowest BCUT2D eigenvalue weighted by Crippen LogP contribution is -2.42. The zero-order chi connectivity index (χ0) is 24.0. The molecule has 3 aliphatic rings. The normalized spacial score (nSPS) is 21.3. The molecule has 34 heavy (non-hydrogen) atoms. The maximum atomic E-state index is 12.4. The van der Waals surface area contributed by atoms with Gasteiger partial charge in [0.2, 0.25) is 0 Å². The van der Waals surface area contributed by atoms with E-state index in [9.17, 15) is 4.79 Å². The van der Waals surface area contributed by atoms with Crippen molar-refractivity contribution in [1.29, 1.82) is 0 Å². The average Bonchev–Trinajstić information content (AvgIpc) is 3.59. The van der Waals surface area contributed by atoms with Crippen molar-refractivity contribution < 1.29 is 4.79 Å². The largest absolute Gasteiger partial charge is 0.402 e. The number of hydrogen-bond donors (Lipinski definition) is 1. The molecule has 0 saturated heterocycles. The van der Waals surface area contributed by atoms with Gasteiger partial charge in [-0.25, -0.2) is 15.0 Å². The summed E-state index contributed by atoms with van der Waals surface area (Å²) >= 11 is 0. The third-order valence-electron chi connectivity index (χ3n) is 6.53. The first-order valence-electron chi connectivity index (χ1n) is 11.6. The van der Waals surface area contributed by atoms with Crippen LogP contribution in [0, 0.1) is 0 Å². The second-order valence-corrected chi connectivity index (χ2v) is 9.19. The molecule has 2 N–H and O–H groups in total. The second-order valence-electron chi connectivity index (χ2n) is 9.19. The number of Topliss-reactive ketones (excluding diaryl/α,β-unsaturated/α-hetero) is 1. The van der Waals surface area contributed by atoms with E-state index >= 15 is 0 Å². The van der Waals surface area contributed by atoms with Crippen molar-refractivity contribution in [3.05, 3.63) is 83.2 Å². The number of hydrogen-bond acceptors (Lipinski definition) is 8. The van der Waals surface area contributed by atoms with Gasteiger partial charge in [-0.2, -0.15) is 0 Å². The maximum absolute atomic E-state index is 12.4. The number of fused-ring (bicyclic) bond motifs is 1. The van der Waals surface area contributed by atoms with Crippen LogP contribution in [0.25, 0.3) is 5.57 Å². The lowest BCUT2D eigenvalue weighted by molar-refractivity contribution is -0.113. The van der Waals surface area contributed by atoms with Crippen LogP contribution in [0.15, 0.2) is 71.1 Å². The number of nitrogens with two attached hydrogens (primary N) is 1. The zero-order valence-electron chi connectivity index (χ0n) is 19.9. The number of likely N-dealkylation sites (N-methyl/N-ethyl adjacent to an activating group) is 1.